The summed E-state index contributed by atoms with van der Waals surface area (Å²) in [5.41, 5.74) is -0.454. The molecule has 2 heterocycles. The molecule has 11 heteroatoms. The van der Waals surface area contributed by atoms with Crippen LogP contribution in [-0.4, -0.2) is 34.4 Å². The van der Waals surface area contributed by atoms with Crippen LogP contribution in [0.4, 0.5) is 14.5 Å². The molecule has 0 aliphatic rings. The lowest BCUT2D eigenvalue weighted by molar-refractivity contribution is 0.0691. The summed E-state index contributed by atoms with van der Waals surface area (Å²) in [7, 11) is -4.34. The molecule has 0 spiro atoms. The average Bonchev–Trinajstić information content (AvgIpc) is 2.70. The number of hydrogen-bond acceptors (Lipinski definition) is 6. The smallest absolute Gasteiger partial charge is 0.338 e. The lowest BCUT2D eigenvalue weighted by Gasteiger charge is -2.10. The predicted octanol–water partition coefficient (Wildman–Crippen LogP) is 2.88. The first-order chi connectivity index (χ1) is 13.7. The Labute approximate surface area is 164 Å². The molecule has 0 amide bonds. The molecule has 8 nitrogen and oxygen atoms in total. The van der Waals surface area contributed by atoms with Gasteiger partial charge in [-0.15, -0.1) is 0 Å². The van der Waals surface area contributed by atoms with Crippen LogP contribution in [0.25, 0.3) is 11.1 Å². The number of aryl methyl sites for hydroxylation is 1. The molecule has 2 N–H and O–H groups in total. The zero-order valence-electron chi connectivity index (χ0n) is 14.9. The van der Waals surface area contributed by atoms with Gasteiger partial charge in [-0.05, 0) is 18.2 Å². The second-order valence-corrected chi connectivity index (χ2v) is 7.48. The largest absolute Gasteiger partial charge is 0.478 e. The van der Waals surface area contributed by atoms with Crippen molar-refractivity contribution >= 4 is 21.7 Å². The van der Waals surface area contributed by atoms with Gasteiger partial charge in [-0.1, -0.05) is 6.92 Å². The summed E-state index contributed by atoms with van der Waals surface area (Å²) in [5.74, 6) is -3.54. The number of rotatable bonds is 6. The summed E-state index contributed by atoms with van der Waals surface area (Å²) in [6, 6.07) is 3.50. The van der Waals surface area contributed by atoms with Crippen molar-refractivity contribution < 1.29 is 27.1 Å². The van der Waals surface area contributed by atoms with E-state index in [4.69, 9.17) is 5.11 Å². The molecule has 0 saturated heterocycles. The fraction of sp³-hybridized carbons (Fsp3) is 0.111. The number of carbonyl (C=O) groups is 1. The number of sulfonamides is 1. The van der Waals surface area contributed by atoms with Crippen molar-refractivity contribution in [2.75, 3.05) is 4.72 Å². The highest BCUT2D eigenvalue weighted by Crippen LogP contribution is 2.23. The molecular weight excluding hydrogens is 406 g/mol. The summed E-state index contributed by atoms with van der Waals surface area (Å²) in [4.78, 5) is 23.0. The Balaban J connectivity index is 1.86. The molecule has 2 aromatic heterocycles. The number of halogens is 2. The minimum atomic E-state index is -4.34. The number of carboxylic acids is 1. The van der Waals surface area contributed by atoms with Crippen molar-refractivity contribution in [3.8, 4) is 11.1 Å². The number of pyridine rings is 1. The van der Waals surface area contributed by atoms with Gasteiger partial charge in [-0.2, -0.15) is 8.42 Å². The number of carboxylic acid groups (broad SMARTS) is 1. The standard InChI is InChI=1S/C18H14F2N4O4S/c1-2-16-21-8-11(9-22-16)10-3-4-17(23-7-10)29(27,28)24-15-6-13(19)12(18(25)26)5-14(15)20/h3-9,24H,2H2,1H3,(H,25,26). The Morgan fingerprint density at radius 3 is 2.24 bits per heavy atom. The van der Waals surface area contributed by atoms with Crippen LogP contribution in [0, 0.1) is 11.6 Å². The van der Waals surface area contributed by atoms with Gasteiger partial charge in [0.25, 0.3) is 10.0 Å². The Bertz CT molecular complexity index is 1170. The van der Waals surface area contributed by atoms with Gasteiger partial charge >= 0.3 is 5.97 Å². The van der Waals surface area contributed by atoms with Crippen molar-refractivity contribution in [2.24, 2.45) is 0 Å². The predicted molar refractivity (Wildman–Crippen MR) is 98.8 cm³/mol. The monoisotopic (exact) mass is 420 g/mol. The van der Waals surface area contributed by atoms with E-state index in [9.17, 15) is 22.0 Å². The molecular formula is C18H14F2N4O4S. The molecule has 0 bridgehead atoms. The highest BCUT2D eigenvalue weighted by Gasteiger charge is 2.21. The van der Waals surface area contributed by atoms with Gasteiger partial charge in [-0.3, -0.25) is 4.72 Å². The van der Waals surface area contributed by atoms with Gasteiger partial charge in [-0.25, -0.2) is 28.5 Å². The van der Waals surface area contributed by atoms with Crippen LogP contribution in [0.3, 0.4) is 0 Å². The SMILES string of the molecule is CCc1ncc(-c2ccc(S(=O)(=O)Nc3cc(F)c(C(=O)O)cc3F)nc2)cn1. The molecule has 0 aliphatic heterocycles. The first-order valence-electron chi connectivity index (χ1n) is 8.23. The number of nitrogens with zero attached hydrogens (tertiary/aromatic N) is 3. The minimum absolute atomic E-state index is 0.395. The van der Waals surface area contributed by atoms with Gasteiger partial charge < -0.3 is 5.11 Å². The Morgan fingerprint density at radius 2 is 1.69 bits per heavy atom. The summed E-state index contributed by atoms with van der Waals surface area (Å²) in [6.07, 6.45) is 5.12. The minimum Gasteiger partial charge on any atom is -0.478 e. The van der Waals surface area contributed by atoms with E-state index < -0.39 is 43.9 Å². The van der Waals surface area contributed by atoms with Crippen LogP contribution in [-0.2, 0) is 16.4 Å². The molecule has 0 unspecified atom stereocenters. The second kappa shape index (κ2) is 7.87. The maximum absolute atomic E-state index is 14.0. The molecule has 0 saturated carbocycles. The van der Waals surface area contributed by atoms with Crippen LogP contribution >= 0.6 is 0 Å². The maximum Gasteiger partial charge on any atom is 0.338 e. The van der Waals surface area contributed by atoms with Crippen molar-refractivity contribution in [2.45, 2.75) is 18.4 Å². The van der Waals surface area contributed by atoms with Crippen molar-refractivity contribution in [1.82, 2.24) is 15.0 Å². The van der Waals surface area contributed by atoms with Crippen molar-refractivity contribution in [1.29, 1.82) is 0 Å². The number of nitrogens with one attached hydrogen (secondary N) is 1. The van der Waals surface area contributed by atoms with E-state index in [1.54, 1.807) is 12.4 Å². The van der Waals surface area contributed by atoms with Gasteiger partial charge in [0.1, 0.15) is 17.5 Å². The average molecular weight is 420 g/mol. The number of aromatic carboxylic acids is 1. The quantitative estimate of drug-likeness (QED) is 0.629. The third kappa shape index (κ3) is 4.35. The first-order valence-corrected chi connectivity index (χ1v) is 9.72. The fourth-order valence-corrected chi connectivity index (χ4v) is 3.37. The van der Waals surface area contributed by atoms with E-state index in [1.165, 1.54) is 18.3 Å². The molecule has 150 valence electrons. The number of hydrogen-bond donors (Lipinski definition) is 2. The van der Waals surface area contributed by atoms with Crippen molar-refractivity contribution in [3.63, 3.8) is 0 Å². The highest BCUT2D eigenvalue weighted by molar-refractivity contribution is 7.92. The molecule has 1 aromatic carbocycles. The zero-order valence-corrected chi connectivity index (χ0v) is 15.7. The third-order valence-corrected chi connectivity index (χ3v) is 5.18. The van der Waals surface area contributed by atoms with Gasteiger partial charge in [0.2, 0.25) is 0 Å². The van der Waals surface area contributed by atoms with Crippen LogP contribution in [0.15, 0.2) is 47.9 Å². The second-order valence-electron chi connectivity index (χ2n) is 5.85. The van der Waals surface area contributed by atoms with Gasteiger partial charge in [0, 0.05) is 42.2 Å². The van der Waals surface area contributed by atoms with E-state index in [2.05, 4.69) is 15.0 Å². The molecule has 0 aliphatic carbocycles. The highest BCUT2D eigenvalue weighted by atomic mass is 32.2. The maximum atomic E-state index is 14.0. The normalized spacial score (nSPS) is 11.3. The summed E-state index contributed by atoms with van der Waals surface area (Å²) < 4.78 is 54.4. The molecule has 3 rings (SSSR count). The Kier molecular flexibility index (Phi) is 5.50. The van der Waals surface area contributed by atoms with Crippen LogP contribution in [0.1, 0.15) is 23.1 Å². The van der Waals surface area contributed by atoms with Crippen LogP contribution in [0.5, 0.6) is 0 Å². The molecule has 0 atom stereocenters. The van der Waals surface area contributed by atoms with Crippen LogP contribution in [0.2, 0.25) is 0 Å². The van der Waals surface area contributed by atoms with Gasteiger partial charge in [0.15, 0.2) is 5.03 Å². The molecule has 0 radical (unpaired) electrons. The van der Waals surface area contributed by atoms with E-state index >= 15 is 0 Å². The van der Waals surface area contributed by atoms with E-state index in [1.807, 2.05) is 11.6 Å². The molecule has 29 heavy (non-hydrogen) atoms. The lowest BCUT2D eigenvalue weighted by Crippen LogP contribution is -2.16. The fourth-order valence-electron chi connectivity index (χ4n) is 2.38. The van der Waals surface area contributed by atoms with Gasteiger partial charge in [0.05, 0.1) is 11.3 Å². The molecule has 3 aromatic rings. The topological polar surface area (TPSA) is 122 Å². The Hall–Kier alpha value is -3.47. The third-order valence-electron chi connectivity index (χ3n) is 3.90. The van der Waals surface area contributed by atoms with E-state index in [-0.39, 0.29) is 0 Å². The summed E-state index contributed by atoms with van der Waals surface area (Å²) in [5, 5.41) is 8.34. The molecule has 0 fully saturated rings. The van der Waals surface area contributed by atoms with E-state index in [0.29, 0.717) is 35.5 Å². The van der Waals surface area contributed by atoms with Crippen molar-refractivity contribution in [3.05, 3.63) is 65.9 Å². The number of benzene rings is 1. The summed E-state index contributed by atoms with van der Waals surface area (Å²) >= 11 is 0. The lowest BCUT2D eigenvalue weighted by atomic mass is 10.1. The first kappa shape index (κ1) is 20.3. The number of aromatic nitrogens is 3. The van der Waals surface area contributed by atoms with Crippen LogP contribution < -0.4 is 4.72 Å². The summed E-state index contributed by atoms with van der Waals surface area (Å²) in [6.45, 7) is 1.91. The van der Waals surface area contributed by atoms with E-state index in [0.717, 1.165) is 0 Å². The zero-order chi connectivity index (χ0) is 21.2. The number of anilines is 1. The Morgan fingerprint density at radius 1 is 1.03 bits per heavy atom.